The van der Waals surface area contributed by atoms with Crippen LogP contribution in [0.3, 0.4) is 0 Å². The Morgan fingerprint density at radius 3 is 2.79 bits per heavy atom. The lowest BCUT2D eigenvalue weighted by molar-refractivity contribution is -0.127. The topological polar surface area (TPSA) is 72.0 Å². The Morgan fingerprint density at radius 2 is 2.04 bits per heavy atom. The van der Waals surface area contributed by atoms with E-state index in [4.69, 9.17) is 9.47 Å². The number of ketones is 1. The molecule has 0 unspecified atom stereocenters. The predicted molar refractivity (Wildman–Crippen MR) is 86.8 cm³/mol. The van der Waals surface area contributed by atoms with Crippen LogP contribution >= 0.6 is 0 Å². The van der Waals surface area contributed by atoms with Gasteiger partial charge in [-0.3, -0.25) is 19.5 Å². The molecule has 0 radical (unpaired) electrons. The highest BCUT2D eigenvalue weighted by Gasteiger charge is 2.29. The monoisotopic (exact) mass is 333 g/mol. The SMILES string of the molecule is O=C(C(=O)N1CCCO[C@@H](CN2CCOCC2)C1)c1cccnc1. The molecule has 0 N–H and O–H groups in total. The van der Waals surface area contributed by atoms with Crippen LogP contribution in [0.25, 0.3) is 0 Å². The van der Waals surface area contributed by atoms with Crippen molar-refractivity contribution in [3.8, 4) is 0 Å². The van der Waals surface area contributed by atoms with E-state index in [0.29, 0.717) is 25.3 Å². The molecule has 1 aromatic heterocycles. The van der Waals surface area contributed by atoms with Gasteiger partial charge in [0.1, 0.15) is 0 Å². The van der Waals surface area contributed by atoms with E-state index in [2.05, 4.69) is 9.88 Å². The molecule has 24 heavy (non-hydrogen) atoms. The van der Waals surface area contributed by atoms with Crippen LogP contribution in [0.2, 0.25) is 0 Å². The summed E-state index contributed by atoms with van der Waals surface area (Å²) in [5.41, 5.74) is 0.331. The summed E-state index contributed by atoms with van der Waals surface area (Å²) in [7, 11) is 0. The average molecular weight is 333 g/mol. The molecule has 7 heteroatoms. The van der Waals surface area contributed by atoms with Gasteiger partial charge < -0.3 is 14.4 Å². The van der Waals surface area contributed by atoms with Crippen molar-refractivity contribution in [1.82, 2.24) is 14.8 Å². The highest BCUT2D eigenvalue weighted by Crippen LogP contribution is 2.11. The molecule has 0 aliphatic carbocycles. The molecule has 3 rings (SSSR count). The van der Waals surface area contributed by atoms with Crippen molar-refractivity contribution in [3.05, 3.63) is 30.1 Å². The van der Waals surface area contributed by atoms with Gasteiger partial charge in [-0.2, -0.15) is 0 Å². The molecule has 0 spiro atoms. The summed E-state index contributed by atoms with van der Waals surface area (Å²) in [5, 5.41) is 0. The zero-order valence-electron chi connectivity index (χ0n) is 13.7. The Hall–Kier alpha value is -1.83. The van der Waals surface area contributed by atoms with E-state index < -0.39 is 11.7 Å². The molecule has 2 aliphatic rings. The van der Waals surface area contributed by atoms with Gasteiger partial charge in [-0.15, -0.1) is 0 Å². The Morgan fingerprint density at radius 1 is 1.21 bits per heavy atom. The first-order valence-corrected chi connectivity index (χ1v) is 8.39. The summed E-state index contributed by atoms with van der Waals surface area (Å²) in [4.78, 5) is 32.7. The molecule has 7 nitrogen and oxygen atoms in total. The Balaban J connectivity index is 1.61. The minimum atomic E-state index is -0.505. The third-order valence-electron chi connectivity index (χ3n) is 4.32. The minimum Gasteiger partial charge on any atom is -0.379 e. The number of nitrogens with zero attached hydrogens (tertiary/aromatic N) is 3. The second-order valence-corrected chi connectivity index (χ2v) is 6.08. The van der Waals surface area contributed by atoms with E-state index in [-0.39, 0.29) is 6.10 Å². The summed E-state index contributed by atoms with van der Waals surface area (Å²) < 4.78 is 11.2. The fraction of sp³-hybridized carbons (Fsp3) is 0.588. The largest absolute Gasteiger partial charge is 0.379 e. The highest BCUT2D eigenvalue weighted by atomic mass is 16.5. The number of morpholine rings is 1. The summed E-state index contributed by atoms with van der Waals surface area (Å²) in [6.07, 6.45) is 3.68. The maximum Gasteiger partial charge on any atom is 0.295 e. The van der Waals surface area contributed by atoms with Gasteiger partial charge in [0, 0.05) is 57.3 Å². The van der Waals surface area contributed by atoms with Gasteiger partial charge in [0.25, 0.3) is 11.7 Å². The van der Waals surface area contributed by atoms with Crippen molar-refractivity contribution in [2.45, 2.75) is 12.5 Å². The van der Waals surface area contributed by atoms with Crippen LogP contribution in [-0.4, -0.2) is 85.1 Å². The van der Waals surface area contributed by atoms with Gasteiger partial charge in [0.05, 0.1) is 19.3 Å². The van der Waals surface area contributed by atoms with Crippen LogP contribution in [0.5, 0.6) is 0 Å². The van der Waals surface area contributed by atoms with E-state index in [1.807, 2.05) is 0 Å². The van der Waals surface area contributed by atoms with Crippen LogP contribution in [0.4, 0.5) is 0 Å². The average Bonchev–Trinajstić information content (AvgIpc) is 2.87. The first-order valence-electron chi connectivity index (χ1n) is 8.39. The number of aromatic nitrogens is 1. The summed E-state index contributed by atoms with van der Waals surface area (Å²) in [6.45, 7) is 5.58. The van der Waals surface area contributed by atoms with Crippen molar-refractivity contribution in [2.75, 3.05) is 52.5 Å². The number of carbonyl (C=O) groups excluding carboxylic acids is 2. The van der Waals surface area contributed by atoms with Gasteiger partial charge in [-0.25, -0.2) is 0 Å². The van der Waals surface area contributed by atoms with Gasteiger partial charge in [-0.1, -0.05) is 0 Å². The maximum atomic E-state index is 12.5. The normalized spacial score (nSPS) is 22.8. The number of hydrogen-bond acceptors (Lipinski definition) is 6. The number of carbonyl (C=O) groups is 2. The van der Waals surface area contributed by atoms with Crippen LogP contribution in [0, 0.1) is 0 Å². The second-order valence-electron chi connectivity index (χ2n) is 6.08. The second kappa shape index (κ2) is 8.32. The first-order chi connectivity index (χ1) is 11.7. The fourth-order valence-electron chi connectivity index (χ4n) is 3.03. The highest BCUT2D eigenvalue weighted by molar-refractivity contribution is 6.42. The number of hydrogen-bond donors (Lipinski definition) is 0. The molecule has 1 aromatic rings. The van der Waals surface area contributed by atoms with Gasteiger partial charge in [0.2, 0.25) is 0 Å². The van der Waals surface area contributed by atoms with Crippen molar-refractivity contribution in [1.29, 1.82) is 0 Å². The smallest absolute Gasteiger partial charge is 0.295 e. The van der Waals surface area contributed by atoms with Crippen LogP contribution in [-0.2, 0) is 14.3 Å². The van der Waals surface area contributed by atoms with E-state index in [1.165, 1.54) is 6.20 Å². The number of rotatable bonds is 4. The van der Waals surface area contributed by atoms with Crippen molar-refractivity contribution in [3.63, 3.8) is 0 Å². The lowest BCUT2D eigenvalue weighted by Gasteiger charge is -2.31. The lowest BCUT2D eigenvalue weighted by Crippen LogP contribution is -2.47. The Labute approximate surface area is 141 Å². The molecule has 2 aliphatic heterocycles. The Bertz CT molecular complexity index is 560. The molecule has 130 valence electrons. The van der Waals surface area contributed by atoms with Crippen LogP contribution < -0.4 is 0 Å². The van der Waals surface area contributed by atoms with E-state index in [9.17, 15) is 9.59 Å². The first kappa shape index (κ1) is 17.0. The van der Waals surface area contributed by atoms with Gasteiger partial charge in [0.15, 0.2) is 0 Å². The van der Waals surface area contributed by atoms with Gasteiger partial charge >= 0.3 is 0 Å². The summed E-state index contributed by atoms with van der Waals surface area (Å²) in [6, 6.07) is 3.28. The molecular formula is C17H23N3O4. The third kappa shape index (κ3) is 4.37. The van der Waals surface area contributed by atoms with E-state index >= 15 is 0 Å². The van der Waals surface area contributed by atoms with Crippen molar-refractivity contribution < 1.29 is 19.1 Å². The fourth-order valence-corrected chi connectivity index (χ4v) is 3.03. The number of ether oxygens (including phenoxy) is 2. The standard InChI is InChI=1S/C17H23N3O4/c21-16(14-3-1-4-18-11-14)17(22)20-5-2-8-24-15(13-20)12-19-6-9-23-10-7-19/h1,3-4,11,15H,2,5-10,12-13H2/t15-/m0/s1. The van der Waals surface area contributed by atoms with E-state index in [1.54, 1.807) is 23.2 Å². The van der Waals surface area contributed by atoms with Crippen molar-refractivity contribution >= 4 is 11.7 Å². The molecular weight excluding hydrogens is 310 g/mol. The zero-order chi connectivity index (χ0) is 16.8. The van der Waals surface area contributed by atoms with Crippen LogP contribution in [0.1, 0.15) is 16.8 Å². The van der Waals surface area contributed by atoms with Gasteiger partial charge in [-0.05, 0) is 18.6 Å². The third-order valence-corrected chi connectivity index (χ3v) is 4.32. The Kier molecular flexibility index (Phi) is 5.90. The number of amides is 1. The molecule has 0 bridgehead atoms. The molecule has 2 fully saturated rings. The van der Waals surface area contributed by atoms with Crippen LogP contribution in [0.15, 0.2) is 24.5 Å². The summed E-state index contributed by atoms with van der Waals surface area (Å²) in [5.74, 6) is -0.976. The zero-order valence-corrected chi connectivity index (χ0v) is 13.7. The predicted octanol–water partition coefficient (Wildman–Crippen LogP) is 0.214. The summed E-state index contributed by atoms with van der Waals surface area (Å²) >= 11 is 0. The number of pyridine rings is 1. The number of Topliss-reactive ketones (excluding diaryl/α,β-unsaturated/α-hetero) is 1. The molecule has 0 saturated carbocycles. The molecule has 1 amide bonds. The van der Waals surface area contributed by atoms with Crippen molar-refractivity contribution in [2.24, 2.45) is 0 Å². The lowest BCUT2D eigenvalue weighted by atomic mass is 10.1. The molecule has 1 atom stereocenters. The molecule has 3 heterocycles. The quantitative estimate of drug-likeness (QED) is 0.580. The maximum absolute atomic E-state index is 12.5. The molecule has 2 saturated heterocycles. The van der Waals surface area contributed by atoms with E-state index in [0.717, 1.165) is 39.3 Å². The minimum absolute atomic E-state index is 0.0729. The molecule has 0 aromatic carbocycles.